The molecule has 0 radical (unpaired) electrons. The zero-order valence-electron chi connectivity index (χ0n) is 10.8. The van der Waals surface area contributed by atoms with Gasteiger partial charge in [0.2, 0.25) is 0 Å². The molecule has 0 saturated carbocycles. The summed E-state index contributed by atoms with van der Waals surface area (Å²) in [6, 6.07) is 1.56. The minimum Gasteiger partial charge on any atom is -0.481 e. The van der Waals surface area contributed by atoms with Crippen LogP contribution in [0.25, 0.3) is 0 Å². The van der Waals surface area contributed by atoms with E-state index in [9.17, 15) is 9.59 Å². The van der Waals surface area contributed by atoms with Crippen molar-refractivity contribution in [2.45, 2.75) is 13.5 Å². The van der Waals surface area contributed by atoms with Crippen molar-refractivity contribution in [2.75, 3.05) is 20.6 Å². The van der Waals surface area contributed by atoms with Gasteiger partial charge in [-0.05, 0) is 6.07 Å². The van der Waals surface area contributed by atoms with Crippen LogP contribution < -0.4 is 0 Å². The first kappa shape index (κ1) is 14.1. The van der Waals surface area contributed by atoms with Crippen LogP contribution in [0.2, 0.25) is 0 Å². The predicted octanol–water partition coefficient (Wildman–Crippen LogP) is 1.48. The van der Waals surface area contributed by atoms with Gasteiger partial charge in [0.05, 0.1) is 25.0 Å². The lowest BCUT2D eigenvalue weighted by Gasteiger charge is -2.25. The minimum absolute atomic E-state index is 0.184. The molecule has 0 aromatic carbocycles. The van der Waals surface area contributed by atoms with Gasteiger partial charge in [-0.3, -0.25) is 4.79 Å². The maximum absolute atomic E-state index is 12.0. The standard InChI is InChI=1S/C12H18N2O4/c1-9(11(15)16)6-13(2)12(17)14(3)7-10-4-5-18-8-10/h4-5,8-9H,6-7H2,1-3H3,(H,15,16). The Kier molecular flexibility index (Phi) is 4.76. The molecule has 0 bridgehead atoms. The van der Waals surface area contributed by atoms with Crippen LogP contribution in [0.4, 0.5) is 4.79 Å². The molecule has 1 unspecified atom stereocenters. The van der Waals surface area contributed by atoms with E-state index >= 15 is 0 Å². The van der Waals surface area contributed by atoms with Gasteiger partial charge in [-0.25, -0.2) is 4.79 Å². The van der Waals surface area contributed by atoms with Gasteiger partial charge in [0, 0.05) is 26.2 Å². The number of rotatable bonds is 5. The highest BCUT2D eigenvalue weighted by Crippen LogP contribution is 2.07. The number of hydrogen-bond donors (Lipinski definition) is 1. The Morgan fingerprint density at radius 1 is 1.39 bits per heavy atom. The molecule has 18 heavy (non-hydrogen) atoms. The van der Waals surface area contributed by atoms with Crippen molar-refractivity contribution in [3.63, 3.8) is 0 Å². The summed E-state index contributed by atoms with van der Waals surface area (Å²) in [5.41, 5.74) is 0.894. The monoisotopic (exact) mass is 254 g/mol. The predicted molar refractivity (Wildman–Crippen MR) is 65.0 cm³/mol. The molecular formula is C12H18N2O4. The van der Waals surface area contributed by atoms with Crippen LogP contribution in [-0.2, 0) is 11.3 Å². The molecule has 1 aromatic heterocycles. The zero-order valence-corrected chi connectivity index (χ0v) is 10.8. The first-order valence-corrected chi connectivity index (χ1v) is 5.62. The van der Waals surface area contributed by atoms with Crippen LogP contribution >= 0.6 is 0 Å². The van der Waals surface area contributed by atoms with E-state index in [1.807, 2.05) is 0 Å². The van der Waals surface area contributed by atoms with Crippen molar-refractivity contribution in [1.29, 1.82) is 0 Å². The van der Waals surface area contributed by atoms with Gasteiger partial charge in [-0.2, -0.15) is 0 Å². The second-order valence-electron chi connectivity index (χ2n) is 4.39. The van der Waals surface area contributed by atoms with Crippen molar-refractivity contribution < 1.29 is 19.1 Å². The molecule has 0 aliphatic carbocycles. The molecule has 0 spiro atoms. The molecule has 0 aliphatic heterocycles. The zero-order chi connectivity index (χ0) is 13.7. The van der Waals surface area contributed by atoms with E-state index in [0.717, 1.165) is 5.56 Å². The van der Waals surface area contributed by atoms with E-state index in [-0.39, 0.29) is 12.6 Å². The molecule has 1 rings (SSSR count). The van der Waals surface area contributed by atoms with Crippen LogP contribution in [-0.4, -0.2) is 47.5 Å². The second kappa shape index (κ2) is 6.09. The number of carbonyl (C=O) groups excluding carboxylic acids is 1. The van der Waals surface area contributed by atoms with Crippen molar-refractivity contribution in [3.05, 3.63) is 24.2 Å². The highest BCUT2D eigenvalue weighted by molar-refractivity contribution is 5.75. The molecule has 2 amide bonds. The summed E-state index contributed by atoms with van der Waals surface area (Å²) < 4.78 is 4.92. The van der Waals surface area contributed by atoms with Crippen LogP contribution in [0, 0.1) is 5.92 Å². The Hall–Kier alpha value is -1.98. The number of urea groups is 1. The lowest BCUT2D eigenvalue weighted by Crippen LogP contribution is -2.41. The molecule has 0 saturated heterocycles. The smallest absolute Gasteiger partial charge is 0.319 e. The Balaban J connectivity index is 2.50. The lowest BCUT2D eigenvalue weighted by atomic mass is 10.2. The average molecular weight is 254 g/mol. The van der Waals surface area contributed by atoms with Gasteiger partial charge < -0.3 is 19.3 Å². The third-order valence-corrected chi connectivity index (χ3v) is 2.62. The summed E-state index contributed by atoms with van der Waals surface area (Å²) in [5, 5.41) is 8.79. The lowest BCUT2D eigenvalue weighted by molar-refractivity contribution is -0.141. The number of carboxylic acid groups (broad SMARTS) is 1. The molecular weight excluding hydrogens is 236 g/mol. The Bertz CT molecular complexity index is 402. The van der Waals surface area contributed by atoms with Crippen LogP contribution in [0.15, 0.2) is 23.0 Å². The molecule has 1 N–H and O–H groups in total. The topological polar surface area (TPSA) is 74.0 Å². The number of carboxylic acids is 1. The number of nitrogens with zero attached hydrogens (tertiary/aromatic N) is 2. The maximum Gasteiger partial charge on any atom is 0.319 e. The normalized spacial score (nSPS) is 11.9. The summed E-state index contributed by atoms with van der Waals surface area (Å²) in [6.07, 6.45) is 3.12. The SMILES string of the molecule is CC(CN(C)C(=O)N(C)Cc1ccoc1)C(=O)O. The number of carbonyl (C=O) groups is 2. The van der Waals surface area contributed by atoms with E-state index in [2.05, 4.69) is 0 Å². The first-order valence-electron chi connectivity index (χ1n) is 5.62. The summed E-state index contributed by atoms with van der Waals surface area (Å²) >= 11 is 0. The fourth-order valence-electron chi connectivity index (χ4n) is 1.58. The molecule has 0 fully saturated rings. The van der Waals surface area contributed by atoms with E-state index in [4.69, 9.17) is 9.52 Å². The average Bonchev–Trinajstić information content (AvgIpc) is 2.80. The van der Waals surface area contributed by atoms with Gasteiger partial charge in [-0.15, -0.1) is 0 Å². The van der Waals surface area contributed by atoms with Crippen LogP contribution in [0.3, 0.4) is 0 Å². The third-order valence-electron chi connectivity index (χ3n) is 2.62. The molecule has 1 aromatic rings. The van der Waals surface area contributed by atoms with Crippen molar-refractivity contribution in [2.24, 2.45) is 5.92 Å². The number of furan rings is 1. The maximum atomic E-state index is 12.0. The summed E-state index contributed by atoms with van der Waals surface area (Å²) in [4.78, 5) is 25.6. The van der Waals surface area contributed by atoms with E-state index in [1.165, 1.54) is 9.80 Å². The highest BCUT2D eigenvalue weighted by atomic mass is 16.4. The molecule has 1 heterocycles. The summed E-state index contributed by atoms with van der Waals surface area (Å²) in [5.74, 6) is -1.49. The number of hydrogen-bond acceptors (Lipinski definition) is 3. The van der Waals surface area contributed by atoms with E-state index < -0.39 is 11.9 Å². The summed E-state index contributed by atoms with van der Waals surface area (Å²) in [6.45, 7) is 2.19. The first-order chi connectivity index (χ1) is 8.41. The second-order valence-corrected chi connectivity index (χ2v) is 4.39. The van der Waals surface area contributed by atoms with Crippen molar-refractivity contribution >= 4 is 12.0 Å². The Morgan fingerprint density at radius 2 is 2.06 bits per heavy atom. The molecule has 6 heteroatoms. The molecule has 6 nitrogen and oxygen atoms in total. The van der Waals surface area contributed by atoms with Gasteiger partial charge in [0.1, 0.15) is 0 Å². The fraction of sp³-hybridized carbons (Fsp3) is 0.500. The largest absolute Gasteiger partial charge is 0.481 e. The molecule has 0 aliphatic rings. The Labute approximate surface area is 106 Å². The molecule has 100 valence electrons. The fourth-order valence-corrected chi connectivity index (χ4v) is 1.58. The van der Waals surface area contributed by atoms with E-state index in [1.54, 1.807) is 39.6 Å². The third kappa shape index (κ3) is 3.80. The quantitative estimate of drug-likeness (QED) is 0.863. The minimum atomic E-state index is -0.910. The Morgan fingerprint density at radius 3 is 2.56 bits per heavy atom. The van der Waals surface area contributed by atoms with Gasteiger partial charge in [0.15, 0.2) is 0 Å². The van der Waals surface area contributed by atoms with Gasteiger partial charge >= 0.3 is 12.0 Å². The van der Waals surface area contributed by atoms with Gasteiger partial charge in [0.25, 0.3) is 0 Å². The van der Waals surface area contributed by atoms with Crippen molar-refractivity contribution in [3.8, 4) is 0 Å². The number of aliphatic carboxylic acids is 1. The van der Waals surface area contributed by atoms with Crippen LogP contribution in [0.1, 0.15) is 12.5 Å². The van der Waals surface area contributed by atoms with Crippen molar-refractivity contribution in [1.82, 2.24) is 9.80 Å². The molecule has 1 atom stereocenters. The van der Waals surface area contributed by atoms with E-state index in [0.29, 0.717) is 6.54 Å². The van der Waals surface area contributed by atoms with Gasteiger partial charge in [-0.1, -0.05) is 6.92 Å². The summed E-state index contributed by atoms with van der Waals surface area (Å²) in [7, 11) is 3.25. The number of amides is 2. The van der Waals surface area contributed by atoms with Crippen LogP contribution in [0.5, 0.6) is 0 Å². The highest BCUT2D eigenvalue weighted by Gasteiger charge is 2.20.